The van der Waals surface area contributed by atoms with Gasteiger partial charge in [-0.3, -0.25) is 9.78 Å². The minimum Gasteiger partial charge on any atom is -0.309 e. The van der Waals surface area contributed by atoms with E-state index in [1.165, 1.54) is 22.5 Å². The molecule has 1 unspecified atom stereocenters. The molecule has 0 radical (unpaired) electrons. The number of nitrogens with zero attached hydrogens (tertiary/aromatic N) is 2. The van der Waals surface area contributed by atoms with E-state index in [0.29, 0.717) is 11.6 Å². The molecule has 0 aliphatic carbocycles. The second-order valence-electron chi connectivity index (χ2n) is 5.98. The standard InChI is InChI=1S/C19H18N4OS.2H2/c24-18(11-16-15-4-2-1-3-13(15)7-10-21-16)23-19-22-17(12-25-19)14-5-8-20-9-6-14;;/h1-6,8-9,12,16,21H,7,10-11H2,(H,22,23,24);2*1H. The highest BCUT2D eigenvalue weighted by molar-refractivity contribution is 7.14. The summed E-state index contributed by atoms with van der Waals surface area (Å²) in [5.74, 6) is -0.0233. The monoisotopic (exact) mass is 354 g/mol. The lowest BCUT2D eigenvalue weighted by molar-refractivity contribution is -0.116. The number of aromatic nitrogens is 2. The van der Waals surface area contributed by atoms with Crippen molar-refractivity contribution in [1.82, 2.24) is 15.3 Å². The van der Waals surface area contributed by atoms with Crippen LogP contribution < -0.4 is 10.6 Å². The van der Waals surface area contributed by atoms with Gasteiger partial charge in [-0.25, -0.2) is 4.98 Å². The van der Waals surface area contributed by atoms with Gasteiger partial charge < -0.3 is 10.6 Å². The molecule has 3 heterocycles. The van der Waals surface area contributed by atoms with E-state index in [1.807, 2.05) is 23.6 Å². The number of nitrogens with one attached hydrogen (secondary N) is 2. The fourth-order valence-corrected chi connectivity index (χ4v) is 3.85. The number of carbonyl (C=O) groups excluding carboxylic acids is 1. The maximum atomic E-state index is 12.4. The van der Waals surface area contributed by atoms with Crippen LogP contribution in [0, 0.1) is 0 Å². The van der Waals surface area contributed by atoms with Crippen molar-refractivity contribution >= 4 is 22.4 Å². The van der Waals surface area contributed by atoms with Crippen molar-refractivity contribution in [1.29, 1.82) is 0 Å². The van der Waals surface area contributed by atoms with Gasteiger partial charge >= 0.3 is 0 Å². The molecule has 1 atom stereocenters. The molecule has 0 bridgehead atoms. The van der Waals surface area contributed by atoms with Gasteiger partial charge in [0.1, 0.15) is 0 Å². The molecule has 1 aliphatic heterocycles. The fraction of sp³-hybridized carbons (Fsp3) is 0.211. The Labute approximate surface area is 153 Å². The Hall–Kier alpha value is -2.57. The molecule has 3 aromatic rings. The van der Waals surface area contributed by atoms with Gasteiger partial charge in [0, 0.05) is 38.7 Å². The number of thiazole rings is 1. The molecule has 1 amide bonds. The van der Waals surface area contributed by atoms with E-state index in [4.69, 9.17) is 0 Å². The third-order valence-electron chi connectivity index (χ3n) is 4.33. The molecule has 1 aromatic carbocycles. The van der Waals surface area contributed by atoms with Crippen molar-refractivity contribution < 1.29 is 7.65 Å². The second-order valence-corrected chi connectivity index (χ2v) is 6.84. The maximum absolute atomic E-state index is 12.4. The first-order chi connectivity index (χ1) is 12.3. The lowest BCUT2D eigenvalue weighted by Gasteiger charge is -2.26. The Morgan fingerprint density at radius 1 is 1.28 bits per heavy atom. The average Bonchev–Trinajstić information content (AvgIpc) is 3.11. The molecule has 5 nitrogen and oxygen atoms in total. The number of anilines is 1. The van der Waals surface area contributed by atoms with Crippen LogP contribution in [0.1, 0.15) is 26.4 Å². The quantitative estimate of drug-likeness (QED) is 0.745. The molecule has 130 valence electrons. The first-order valence-corrected chi connectivity index (χ1v) is 9.14. The predicted octanol–water partition coefficient (Wildman–Crippen LogP) is 3.91. The summed E-state index contributed by atoms with van der Waals surface area (Å²) in [6.45, 7) is 0.901. The zero-order valence-electron chi connectivity index (χ0n) is 13.6. The number of hydrogen-bond donors (Lipinski definition) is 2. The van der Waals surface area contributed by atoms with Gasteiger partial charge in [0.15, 0.2) is 5.13 Å². The van der Waals surface area contributed by atoms with Gasteiger partial charge in [-0.1, -0.05) is 24.3 Å². The largest absolute Gasteiger partial charge is 0.309 e. The van der Waals surface area contributed by atoms with E-state index in [2.05, 4.69) is 38.8 Å². The van der Waals surface area contributed by atoms with Gasteiger partial charge in [0.05, 0.1) is 5.69 Å². The molecule has 2 aromatic heterocycles. The van der Waals surface area contributed by atoms with Gasteiger partial charge in [-0.15, -0.1) is 11.3 Å². The Kier molecular flexibility index (Phi) is 4.54. The number of fused-ring (bicyclic) bond motifs is 1. The van der Waals surface area contributed by atoms with E-state index in [1.54, 1.807) is 12.4 Å². The molecule has 6 heteroatoms. The number of hydrogen-bond acceptors (Lipinski definition) is 5. The Morgan fingerprint density at radius 2 is 2.12 bits per heavy atom. The van der Waals surface area contributed by atoms with E-state index in [-0.39, 0.29) is 14.8 Å². The summed E-state index contributed by atoms with van der Waals surface area (Å²) in [6, 6.07) is 12.2. The Bertz CT molecular complexity index is 888. The molecule has 1 aliphatic rings. The Balaban J connectivity index is 0.00000131. The summed E-state index contributed by atoms with van der Waals surface area (Å²) in [5.41, 5.74) is 4.40. The molecule has 0 saturated heterocycles. The van der Waals surface area contributed by atoms with E-state index in [0.717, 1.165) is 24.2 Å². The van der Waals surface area contributed by atoms with Crippen LogP contribution in [0.5, 0.6) is 0 Å². The minimum absolute atomic E-state index is 0. The molecule has 0 fully saturated rings. The molecular weight excluding hydrogens is 332 g/mol. The van der Waals surface area contributed by atoms with E-state index in [9.17, 15) is 4.79 Å². The SMILES string of the molecule is O=C(CC1NCCc2ccccc21)Nc1nc(-c2ccncc2)cs1.[HH].[HH]. The predicted molar refractivity (Wildman–Crippen MR) is 104 cm³/mol. The summed E-state index contributed by atoms with van der Waals surface area (Å²) in [6.07, 6.45) is 4.88. The highest BCUT2D eigenvalue weighted by Gasteiger charge is 2.22. The van der Waals surface area contributed by atoms with Gasteiger partial charge in [0.25, 0.3) is 0 Å². The van der Waals surface area contributed by atoms with Gasteiger partial charge in [-0.2, -0.15) is 0 Å². The first-order valence-electron chi connectivity index (χ1n) is 8.26. The second kappa shape index (κ2) is 7.13. The number of amides is 1. The van der Waals surface area contributed by atoms with Crippen LogP contribution in [0.3, 0.4) is 0 Å². The van der Waals surface area contributed by atoms with Crippen LogP contribution in [-0.2, 0) is 11.2 Å². The van der Waals surface area contributed by atoms with Crippen molar-refractivity contribution in [2.75, 3.05) is 11.9 Å². The van der Waals surface area contributed by atoms with Gasteiger partial charge in [0.2, 0.25) is 5.91 Å². The summed E-state index contributed by atoms with van der Waals surface area (Å²) in [7, 11) is 0. The lowest BCUT2D eigenvalue weighted by Crippen LogP contribution is -2.32. The lowest BCUT2D eigenvalue weighted by atomic mass is 9.92. The van der Waals surface area contributed by atoms with Crippen molar-refractivity contribution in [3.63, 3.8) is 0 Å². The topological polar surface area (TPSA) is 66.9 Å². The van der Waals surface area contributed by atoms with Crippen LogP contribution in [0.25, 0.3) is 11.3 Å². The maximum Gasteiger partial charge on any atom is 0.228 e. The molecule has 4 rings (SSSR count). The smallest absolute Gasteiger partial charge is 0.228 e. The fourth-order valence-electron chi connectivity index (χ4n) is 3.12. The van der Waals surface area contributed by atoms with Crippen LogP contribution in [-0.4, -0.2) is 22.4 Å². The third-order valence-corrected chi connectivity index (χ3v) is 5.09. The zero-order chi connectivity index (χ0) is 17.1. The van der Waals surface area contributed by atoms with Crippen LogP contribution in [0.4, 0.5) is 5.13 Å². The summed E-state index contributed by atoms with van der Waals surface area (Å²) in [4.78, 5) is 20.9. The number of benzene rings is 1. The number of rotatable bonds is 4. The van der Waals surface area contributed by atoms with Crippen LogP contribution in [0.15, 0.2) is 54.2 Å². The van der Waals surface area contributed by atoms with Crippen molar-refractivity contribution in [3.8, 4) is 11.3 Å². The minimum atomic E-state index is -0.0233. The van der Waals surface area contributed by atoms with E-state index >= 15 is 0 Å². The summed E-state index contributed by atoms with van der Waals surface area (Å²) >= 11 is 1.44. The van der Waals surface area contributed by atoms with Crippen LogP contribution >= 0.6 is 11.3 Å². The molecule has 25 heavy (non-hydrogen) atoms. The van der Waals surface area contributed by atoms with Crippen molar-refractivity contribution in [3.05, 3.63) is 65.3 Å². The Morgan fingerprint density at radius 3 is 3.00 bits per heavy atom. The zero-order valence-corrected chi connectivity index (χ0v) is 14.4. The van der Waals surface area contributed by atoms with Crippen molar-refractivity contribution in [2.24, 2.45) is 0 Å². The normalized spacial score (nSPS) is 16.2. The summed E-state index contributed by atoms with van der Waals surface area (Å²) < 4.78 is 0. The average molecular weight is 354 g/mol. The summed E-state index contributed by atoms with van der Waals surface area (Å²) in [5, 5.41) is 8.93. The number of pyridine rings is 1. The van der Waals surface area contributed by atoms with Crippen LogP contribution in [0.2, 0.25) is 0 Å². The first kappa shape index (κ1) is 15.9. The highest BCUT2D eigenvalue weighted by atomic mass is 32.1. The molecule has 0 saturated carbocycles. The van der Waals surface area contributed by atoms with Crippen molar-refractivity contribution in [2.45, 2.75) is 18.9 Å². The highest BCUT2D eigenvalue weighted by Crippen LogP contribution is 2.27. The van der Waals surface area contributed by atoms with Gasteiger partial charge in [-0.05, 0) is 36.2 Å². The van der Waals surface area contributed by atoms with E-state index < -0.39 is 0 Å². The number of carbonyl (C=O) groups is 1. The molecule has 0 spiro atoms. The molecular formula is C19H22N4OS. The molecule has 2 N–H and O–H groups in total. The third kappa shape index (κ3) is 3.60.